The summed E-state index contributed by atoms with van der Waals surface area (Å²) in [5.41, 5.74) is 3.10. The maximum atomic E-state index is 13.6. The van der Waals surface area contributed by atoms with E-state index < -0.39 is 35.4 Å². The van der Waals surface area contributed by atoms with Crippen molar-refractivity contribution in [3.05, 3.63) is 106 Å². The fourth-order valence-corrected chi connectivity index (χ4v) is 10.2. The average molecular weight is 1030 g/mol. The number of benzene rings is 3. The quantitative estimate of drug-likeness (QED) is 0.0314. The Morgan fingerprint density at radius 1 is 0.797 bits per heavy atom. The van der Waals surface area contributed by atoms with Gasteiger partial charge in [-0.15, -0.1) is 0 Å². The Labute approximate surface area is 430 Å². The summed E-state index contributed by atoms with van der Waals surface area (Å²) >= 11 is 0. The number of aliphatic imine (C=N–C) groups is 2. The lowest BCUT2D eigenvalue weighted by molar-refractivity contribution is -0.143. The highest BCUT2D eigenvalue weighted by Gasteiger charge is 2.38. The van der Waals surface area contributed by atoms with Gasteiger partial charge in [-0.05, 0) is 105 Å². The van der Waals surface area contributed by atoms with Gasteiger partial charge in [0.1, 0.15) is 18.5 Å². The van der Waals surface area contributed by atoms with E-state index in [0.29, 0.717) is 42.2 Å². The molecule has 7 rings (SSSR count). The summed E-state index contributed by atoms with van der Waals surface area (Å²) in [5.74, 6) is -0.247. The van der Waals surface area contributed by atoms with Crippen molar-refractivity contribution >= 4 is 53.4 Å². The van der Waals surface area contributed by atoms with Crippen LogP contribution in [0, 0.1) is 0 Å². The van der Waals surface area contributed by atoms with Crippen LogP contribution in [0.5, 0.6) is 0 Å². The molecule has 3 amide bonds. The lowest BCUT2D eigenvalue weighted by atomic mass is 9.94. The molecular formula is C55H69F6N9O4. The SMILES string of the molecule is C=N/C=C1/C(c2ccc(CN3CCN(CCCCCCOCCCc4ccc(N(C=O)C5CCC(=O)NC5=O)c(N(C)C)c4)CC3)cc2)=CN(C2CCCCC2)/C1=N/CNc1cc(C(F)(F)F)cc(C(F)(F)F)c1. The number of nitrogens with zero attached hydrogens (tertiary/aromatic N) is 7. The number of rotatable bonds is 23. The highest BCUT2D eigenvalue weighted by Crippen LogP contribution is 2.39. The number of piperidine rings is 1. The topological polar surface area (TPSA) is 125 Å². The Morgan fingerprint density at radius 3 is 2.11 bits per heavy atom. The van der Waals surface area contributed by atoms with E-state index in [2.05, 4.69) is 61.3 Å². The fraction of sp³-hybridized carbons (Fsp3) is 0.509. The zero-order valence-electron chi connectivity index (χ0n) is 42.5. The molecule has 1 aliphatic carbocycles. The summed E-state index contributed by atoms with van der Waals surface area (Å²) in [7, 11) is 3.80. The normalized spacial score (nSPS) is 19.5. The van der Waals surface area contributed by atoms with Gasteiger partial charge in [-0.3, -0.25) is 29.6 Å². The highest BCUT2D eigenvalue weighted by atomic mass is 19.4. The second kappa shape index (κ2) is 25.9. The number of ether oxygens (including phenoxy) is 1. The summed E-state index contributed by atoms with van der Waals surface area (Å²) in [6.45, 7) is 10.7. The minimum atomic E-state index is -4.96. The van der Waals surface area contributed by atoms with Crippen LogP contribution in [-0.4, -0.2) is 124 Å². The molecule has 1 atom stereocenters. The minimum absolute atomic E-state index is 0.111. The number of unbranched alkanes of at least 4 members (excludes halogenated alkanes) is 3. The van der Waals surface area contributed by atoms with Gasteiger partial charge in [0.15, 0.2) is 0 Å². The molecule has 3 aromatic rings. The molecule has 400 valence electrons. The van der Waals surface area contributed by atoms with E-state index in [4.69, 9.17) is 9.73 Å². The number of nitrogens with one attached hydrogen (secondary N) is 2. The van der Waals surface area contributed by atoms with Crippen LogP contribution >= 0.6 is 0 Å². The van der Waals surface area contributed by atoms with Crippen LogP contribution in [0.1, 0.15) is 105 Å². The Kier molecular flexibility index (Phi) is 19.5. The van der Waals surface area contributed by atoms with Gasteiger partial charge in [0.05, 0.1) is 22.5 Å². The molecule has 0 bridgehead atoms. The molecular weight excluding hydrogens is 965 g/mol. The Balaban J connectivity index is 0.820. The molecule has 3 heterocycles. The van der Waals surface area contributed by atoms with Crippen molar-refractivity contribution in [1.82, 2.24) is 20.0 Å². The monoisotopic (exact) mass is 1030 g/mol. The predicted molar refractivity (Wildman–Crippen MR) is 278 cm³/mol. The van der Waals surface area contributed by atoms with E-state index in [0.717, 1.165) is 139 Å². The summed E-state index contributed by atoms with van der Waals surface area (Å²) in [6.07, 6.45) is 5.97. The Hall–Kier alpha value is -6.05. The first-order valence-electron chi connectivity index (χ1n) is 25.8. The van der Waals surface area contributed by atoms with Crippen LogP contribution in [0.2, 0.25) is 0 Å². The Bertz CT molecular complexity index is 2460. The third kappa shape index (κ3) is 15.1. The van der Waals surface area contributed by atoms with E-state index in [9.17, 15) is 40.7 Å². The van der Waals surface area contributed by atoms with Gasteiger partial charge in [0.2, 0.25) is 18.2 Å². The largest absolute Gasteiger partial charge is 0.416 e. The summed E-state index contributed by atoms with van der Waals surface area (Å²) in [5, 5.41) is 5.02. The van der Waals surface area contributed by atoms with Crippen molar-refractivity contribution < 1.29 is 45.5 Å². The number of hydrogen-bond donors (Lipinski definition) is 2. The molecule has 13 nitrogen and oxygen atoms in total. The number of aryl methyl sites for hydroxylation is 1. The number of amides is 3. The van der Waals surface area contributed by atoms with Crippen molar-refractivity contribution in [2.45, 2.75) is 114 Å². The van der Waals surface area contributed by atoms with Crippen LogP contribution in [0.25, 0.3) is 5.57 Å². The van der Waals surface area contributed by atoms with Crippen LogP contribution < -0.4 is 20.4 Å². The van der Waals surface area contributed by atoms with Crippen molar-refractivity contribution in [3.63, 3.8) is 0 Å². The lowest BCUT2D eigenvalue weighted by Gasteiger charge is -2.34. The molecule has 3 aliphatic heterocycles. The van der Waals surface area contributed by atoms with Crippen LogP contribution in [0.4, 0.5) is 43.4 Å². The minimum Gasteiger partial charge on any atom is -0.381 e. The van der Waals surface area contributed by atoms with Gasteiger partial charge in [-0.25, -0.2) is 4.99 Å². The number of carbonyl (C=O) groups is 3. The molecule has 1 unspecified atom stereocenters. The second-order valence-electron chi connectivity index (χ2n) is 19.7. The van der Waals surface area contributed by atoms with Gasteiger partial charge in [-0.1, -0.05) is 62.4 Å². The van der Waals surface area contributed by atoms with E-state index >= 15 is 0 Å². The molecule has 4 aliphatic rings. The smallest absolute Gasteiger partial charge is 0.381 e. The molecule has 2 N–H and O–H groups in total. The van der Waals surface area contributed by atoms with Crippen molar-refractivity contribution in [2.75, 3.05) is 81.8 Å². The van der Waals surface area contributed by atoms with Crippen LogP contribution in [0.15, 0.2) is 88.6 Å². The van der Waals surface area contributed by atoms with Gasteiger partial charge >= 0.3 is 12.4 Å². The molecule has 74 heavy (non-hydrogen) atoms. The van der Waals surface area contributed by atoms with Crippen molar-refractivity contribution in [3.8, 4) is 0 Å². The number of amidine groups is 1. The van der Waals surface area contributed by atoms with Gasteiger partial charge in [0.25, 0.3) is 0 Å². The summed E-state index contributed by atoms with van der Waals surface area (Å²) in [6, 6.07) is 15.1. The molecule has 3 aromatic carbocycles. The van der Waals surface area contributed by atoms with Crippen LogP contribution in [-0.2, 0) is 44.4 Å². The highest BCUT2D eigenvalue weighted by molar-refractivity contribution is 6.16. The van der Waals surface area contributed by atoms with Crippen LogP contribution in [0.3, 0.4) is 0 Å². The standard InChI is InChI=1S/C55H69F6N9O4/c1-62-34-46-47(36-69(45-13-7-6-8-14-45)52(46)64-37-63-44-32-42(54(56,57)58)31-43(33-44)55(59,60)61)41-18-15-40(16-19-41)35-68-26-24-67(25-27-68)23-9-4-5-10-28-74-29-11-12-39-17-20-48(50(30-39)66(2)3)70(38-71)49-21-22-51(72)65-53(49)73/h15-20,30-34,36,38,45,49,63H,1,4-14,21-29,35,37H2,2-3H3,(H,65,72,73)/b46-34-,64-52+. The first-order valence-corrected chi connectivity index (χ1v) is 25.8. The third-order valence-electron chi connectivity index (χ3n) is 14.2. The van der Waals surface area contributed by atoms with Crippen molar-refractivity contribution in [1.29, 1.82) is 0 Å². The lowest BCUT2D eigenvalue weighted by Crippen LogP contribution is -2.52. The first-order chi connectivity index (χ1) is 35.5. The van der Waals surface area contributed by atoms with Gasteiger partial charge in [-0.2, -0.15) is 26.3 Å². The molecule has 0 radical (unpaired) electrons. The Morgan fingerprint density at radius 2 is 1.46 bits per heavy atom. The number of carbonyl (C=O) groups excluding carboxylic acids is 3. The van der Waals surface area contributed by atoms with E-state index in [-0.39, 0.29) is 43.2 Å². The van der Waals surface area contributed by atoms with E-state index in [1.807, 2.05) is 43.4 Å². The van der Waals surface area contributed by atoms with E-state index in [1.54, 1.807) is 6.20 Å². The number of piperazine rings is 1. The maximum absolute atomic E-state index is 13.6. The summed E-state index contributed by atoms with van der Waals surface area (Å²) in [4.78, 5) is 55.5. The zero-order valence-corrected chi connectivity index (χ0v) is 42.5. The van der Waals surface area contributed by atoms with E-state index in [1.165, 1.54) is 10.5 Å². The average Bonchev–Trinajstić information content (AvgIpc) is 3.73. The number of hydrogen-bond acceptors (Lipinski definition) is 10. The molecule has 3 fully saturated rings. The molecule has 2 saturated heterocycles. The third-order valence-corrected chi connectivity index (χ3v) is 14.2. The first kappa shape index (κ1) is 55.7. The molecule has 0 aromatic heterocycles. The maximum Gasteiger partial charge on any atom is 0.416 e. The number of halogens is 6. The number of imide groups is 1. The number of alkyl halides is 6. The van der Waals surface area contributed by atoms with Crippen molar-refractivity contribution in [2.24, 2.45) is 9.98 Å². The van der Waals surface area contributed by atoms with Gasteiger partial charge < -0.3 is 29.7 Å². The molecule has 1 saturated carbocycles. The second-order valence-corrected chi connectivity index (χ2v) is 19.7. The van der Waals surface area contributed by atoms with Gasteiger partial charge in [0, 0.05) is 102 Å². The molecule has 19 heteroatoms. The predicted octanol–water partition coefficient (Wildman–Crippen LogP) is 9.93. The summed E-state index contributed by atoms with van der Waals surface area (Å²) < 4.78 is 87.4. The fourth-order valence-electron chi connectivity index (χ4n) is 10.2. The molecule has 0 spiro atoms. The number of anilines is 3. The zero-order chi connectivity index (χ0) is 52.8.